The summed E-state index contributed by atoms with van der Waals surface area (Å²) in [5, 5.41) is 8.28. The molecule has 4 aromatic carbocycles. The number of thioether (sulfide) groups is 2. The number of hydrogen-bond acceptors (Lipinski definition) is 6. The summed E-state index contributed by atoms with van der Waals surface area (Å²) in [6, 6.07) is 33.3. The van der Waals surface area contributed by atoms with Crippen LogP contribution in [0.5, 0.6) is 0 Å². The molecule has 228 valence electrons. The first-order chi connectivity index (χ1) is 22.5. The number of nitrogens with one attached hydrogen (secondary N) is 2. The van der Waals surface area contributed by atoms with E-state index in [2.05, 4.69) is 52.9 Å². The van der Waals surface area contributed by atoms with Gasteiger partial charge in [0, 0.05) is 26.4 Å². The van der Waals surface area contributed by atoms with E-state index < -0.39 is 5.25 Å². The van der Waals surface area contributed by atoms with Crippen molar-refractivity contribution in [3.63, 3.8) is 0 Å². The second kappa shape index (κ2) is 13.4. The molecule has 3 unspecified atom stereocenters. The van der Waals surface area contributed by atoms with Gasteiger partial charge in [-0.1, -0.05) is 103 Å². The van der Waals surface area contributed by atoms with Gasteiger partial charge >= 0.3 is 6.03 Å². The lowest BCUT2D eigenvalue weighted by atomic mass is 10.1. The van der Waals surface area contributed by atoms with Gasteiger partial charge in [-0.2, -0.15) is 0 Å². The summed E-state index contributed by atoms with van der Waals surface area (Å²) < 4.78 is 0. The average molecular weight is 659 g/mol. The van der Waals surface area contributed by atoms with E-state index in [0.717, 1.165) is 32.3 Å². The zero-order chi connectivity index (χ0) is 31.5. The smallest absolute Gasteiger partial charge is 0.307 e. The maximum atomic E-state index is 13.8. The van der Waals surface area contributed by atoms with Crippen LogP contribution in [0.15, 0.2) is 143 Å². The highest BCUT2D eigenvalue weighted by Crippen LogP contribution is 2.44. The molecular formula is C37H30N4O2S3. The molecule has 2 heterocycles. The van der Waals surface area contributed by atoms with Gasteiger partial charge in [0.15, 0.2) is 5.13 Å². The molecule has 0 saturated carbocycles. The van der Waals surface area contributed by atoms with Crippen LogP contribution in [0.1, 0.15) is 16.4 Å². The minimum atomic E-state index is -0.537. The number of rotatable bonds is 7. The van der Waals surface area contributed by atoms with Gasteiger partial charge in [0.05, 0.1) is 22.7 Å². The molecule has 0 radical (unpaired) electrons. The number of thiazole rings is 1. The Morgan fingerprint density at radius 3 is 2.50 bits per heavy atom. The van der Waals surface area contributed by atoms with Crippen LogP contribution < -0.4 is 15.5 Å². The fourth-order valence-electron chi connectivity index (χ4n) is 5.45. The highest BCUT2D eigenvalue weighted by molar-refractivity contribution is 8.00. The van der Waals surface area contributed by atoms with E-state index >= 15 is 0 Å². The first kappa shape index (κ1) is 30.1. The van der Waals surface area contributed by atoms with Gasteiger partial charge in [0.25, 0.3) is 0 Å². The van der Waals surface area contributed by atoms with Crippen molar-refractivity contribution in [3.8, 4) is 11.3 Å². The van der Waals surface area contributed by atoms with Gasteiger partial charge in [-0.05, 0) is 42.8 Å². The molecule has 0 bridgehead atoms. The SMILES string of the molecule is Cc1ccc(-c2csc(NC(=O)C(Sc3cccc(NC(=O)N4c5ccccc5SC5C=CC=CC54)c3)c3ccccc3)n2)cc1. The molecule has 0 fully saturated rings. The summed E-state index contributed by atoms with van der Waals surface area (Å²) in [5.74, 6) is -0.166. The molecule has 7 rings (SSSR count). The minimum absolute atomic E-state index is 0.0917. The summed E-state index contributed by atoms with van der Waals surface area (Å²) in [5.41, 5.74) is 5.45. The van der Waals surface area contributed by atoms with E-state index in [1.165, 1.54) is 28.7 Å². The number of carbonyl (C=O) groups is 2. The van der Waals surface area contributed by atoms with E-state index in [9.17, 15) is 9.59 Å². The third-order valence-electron chi connectivity index (χ3n) is 7.72. The van der Waals surface area contributed by atoms with Gasteiger partial charge < -0.3 is 10.6 Å². The predicted octanol–water partition coefficient (Wildman–Crippen LogP) is 9.60. The van der Waals surface area contributed by atoms with Gasteiger partial charge in [0.2, 0.25) is 5.91 Å². The van der Waals surface area contributed by atoms with Crippen molar-refractivity contribution in [2.45, 2.75) is 33.3 Å². The molecule has 2 N–H and O–H groups in total. The minimum Gasteiger partial charge on any atom is -0.307 e. The lowest BCUT2D eigenvalue weighted by Gasteiger charge is -2.40. The summed E-state index contributed by atoms with van der Waals surface area (Å²) in [6.07, 6.45) is 8.26. The number of allylic oxidation sites excluding steroid dienone is 2. The first-order valence-corrected chi connectivity index (χ1v) is 17.5. The molecule has 3 atom stereocenters. The highest BCUT2D eigenvalue weighted by Gasteiger charge is 2.36. The number of nitrogens with zero attached hydrogens (tertiary/aromatic N) is 2. The Kier molecular flexibility index (Phi) is 8.78. The lowest BCUT2D eigenvalue weighted by Crippen LogP contribution is -2.49. The van der Waals surface area contributed by atoms with E-state index in [1.54, 1.807) is 11.8 Å². The molecule has 46 heavy (non-hydrogen) atoms. The Morgan fingerprint density at radius 2 is 1.65 bits per heavy atom. The molecule has 1 aliphatic heterocycles. The molecule has 9 heteroatoms. The number of fused-ring (bicyclic) bond motifs is 2. The van der Waals surface area contributed by atoms with Crippen LogP contribution in [-0.4, -0.2) is 28.2 Å². The molecule has 0 spiro atoms. The van der Waals surface area contributed by atoms with E-state index in [1.807, 2.05) is 107 Å². The third kappa shape index (κ3) is 6.53. The standard InChI is InChI=1S/C37H30N4O2S3/c1-24-18-20-25(21-19-24)29-23-44-36(39-29)40-35(42)34(26-10-3-2-4-11-26)45-28-13-9-12-27(22-28)38-37(43)41-30-14-5-7-16-32(30)46-33-17-8-6-15-31(33)41/h2-23,30,32,34H,1H3,(H,38,43)(H,39,40,42). The Morgan fingerprint density at radius 1 is 0.870 bits per heavy atom. The summed E-state index contributed by atoms with van der Waals surface area (Å²) in [4.78, 5) is 36.1. The van der Waals surface area contributed by atoms with Crippen molar-refractivity contribution in [3.05, 3.63) is 144 Å². The van der Waals surface area contributed by atoms with Gasteiger partial charge in [-0.3, -0.25) is 9.69 Å². The van der Waals surface area contributed by atoms with Crippen molar-refractivity contribution < 1.29 is 9.59 Å². The summed E-state index contributed by atoms with van der Waals surface area (Å²) in [7, 11) is 0. The maximum Gasteiger partial charge on any atom is 0.326 e. The third-order valence-corrected chi connectivity index (χ3v) is 11.0. The maximum absolute atomic E-state index is 13.8. The summed E-state index contributed by atoms with van der Waals surface area (Å²) >= 11 is 4.62. The van der Waals surface area contributed by atoms with E-state index in [4.69, 9.17) is 0 Å². The zero-order valence-corrected chi connectivity index (χ0v) is 27.3. The highest BCUT2D eigenvalue weighted by atomic mass is 32.2. The molecule has 6 nitrogen and oxygen atoms in total. The Labute approximate surface area is 280 Å². The van der Waals surface area contributed by atoms with E-state index in [-0.39, 0.29) is 23.2 Å². The van der Waals surface area contributed by atoms with Crippen LogP contribution in [0, 0.1) is 6.92 Å². The quantitative estimate of drug-likeness (QED) is 0.170. The number of para-hydroxylation sites is 1. The fourth-order valence-corrected chi connectivity index (χ4v) is 8.52. The fraction of sp³-hybridized carbons (Fsp3) is 0.108. The van der Waals surface area contributed by atoms with Crippen molar-refractivity contribution in [2.75, 3.05) is 15.5 Å². The zero-order valence-electron chi connectivity index (χ0n) is 24.9. The van der Waals surface area contributed by atoms with Crippen LogP contribution in [0.25, 0.3) is 11.3 Å². The van der Waals surface area contributed by atoms with Crippen molar-refractivity contribution in [1.82, 2.24) is 4.98 Å². The van der Waals surface area contributed by atoms with Gasteiger partial charge in [-0.15, -0.1) is 34.9 Å². The number of anilines is 3. The van der Waals surface area contributed by atoms with Crippen LogP contribution in [-0.2, 0) is 4.79 Å². The number of amides is 3. The number of urea groups is 1. The Balaban J connectivity index is 1.10. The van der Waals surface area contributed by atoms with Crippen molar-refractivity contribution in [1.29, 1.82) is 0 Å². The second-order valence-electron chi connectivity index (χ2n) is 10.9. The van der Waals surface area contributed by atoms with Crippen LogP contribution in [0.4, 0.5) is 21.3 Å². The largest absolute Gasteiger partial charge is 0.326 e. The predicted molar refractivity (Wildman–Crippen MR) is 192 cm³/mol. The first-order valence-electron chi connectivity index (χ1n) is 14.9. The molecule has 1 aliphatic carbocycles. The average Bonchev–Trinajstić information content (AvgIpc) is 3.55. The second-order valence-corrected chi connectivity index (χ2v) is 14.2. The molecule has 5 aromatic rings. The molecule has 2 aliphatic rings. The Hall–Kier alpha value is -4.57. The number of hydrogen-bond donors (Lipinski definition) is 2. The number of aryl methyl sites for hydroxylation is 1. The Bertz CT molecular complexity index is 1940. The van der Waals surface area contributed by atoms with Crippen LogP contribution in [0.3, 0.4) is 0 Å². The van der Waals surface area contributed by atoms with Crippen LogP contribution in [0.2, 0.25) is 0 Å². The molecule has 1 aromatic heterocycles. The van der Waals surface area contributed by atoms with Gasteiger partial charge in [-0.25, -0.2) is 9.78 Å². The summed E-state index contributed by atoms with van der Waals surface area (Å²) in [6.45, 7) is 2.05. The van der Waals surface area contributed by atoms with Crippen molar-refractivity contribution in [2.24, 2.45) is 0 Å². The molecule has 3 amide bonds. The monoisotopic (exact) mass is 658 g/mol. The van der Waals surface area contributed by atoms with Gasteiger partial charge in [0.1, 0.15) is 5.25 Å². The number of aromatic nitrogens is 1. The normalized spacial score (nSPS) is 17.1. The van der Waals surface area contributed by atoms with E-state index in [0.29, 0.717) is 10.8 Å². The van der Waals surface area contributed by atoms with Crippen LogP contribution >= 0.6 is 34.9 Å². The topological polar surface area (TPSA) is 74.3 Å². The number of benzene rings is 4. The lowest BCUT2D eigenvalue weighted by molar-refractivity contribution is -0.115. The number of carbonyl (C=O) groups excluding carboxylic acids is 2. The molecular weight excluding hydrogens is 629 g/mol. The van der Waals surface area contributed by atoms with Crippen molar-refractivity contribution >= 4 is 63.3 Å². The molecule has 0 saturated heterocycles.